The molecule has 0 bridgehead atoms. The summed E-state index contributed by atoms with van der Waals surface area (Å²) in [6, 6.07) is 5.03. The van der Waals surface area contributed by atoms with E-state index in [-0.39, 0.29) is 16.2 Å². The van der Waals surface area contributed by atoms with Gasteiger partial charge in [-0.05, 0) is 31.0 Å². The van der Waals surface area contributed by atoms with Crippen LogP contribution in [0.25, 0.3) is 0 Å². The van der Waals surface area contributed by atoms with E-state index in [1.807, 2.05) is 6.07 Å². The molecule has 0 atom stereocenters. The maximum atomic E-state index is 13.2. The summed E-state index contributed by atoms with van der Waals surface area (Å²) in [4.78, 5) is 20.3. The lowest BCUT2D eigenvalue weighted by Gasteiger charge is -2.27. The molecule has 1 aromatic heterocycles. The number of ether oxygens (including phenoxy) is 1. The third-order valence-corrected chi connectivity index (χ3v) is 8.96. The molecule has 2 aliphatic rings. The van der Waals surface area contributed by atoms with Gasteiger partial charge in [0.15, 0.2) is 0 Å². The number of carbonyl (C=O) groups is 1. The van der Waals surface area contributed by atoms with Crippen LogP contribution in [0, 0.1) is 0 Å². The first-order valence-electron chi connectivity index (χ1n) is 10.9. The summed E-state index contributed by atoms with van der Waals surface area (Å²) in [5.74, 6) is -0.278. The number of hydrogen-bond acceptors (Lipinski definition) is 7. The first-order chi connectivity index (χ1) is 15.2. The van der Waals surface area contributed by atoms with Crippen molar-refractivity contribution in [2.75, 3.05) is 49.6 Å². The molecule has 1 aromatic carbocycles. The number of thiazole rings is 1. The molecular weight excluding hydrogens is 448 g/mol. The number of aromatic nitrogens is 1. The van der Waals surface area contributed by atoms with E-state index in [0.29, 0.717) is 36.9 Å². The van der Waals surface area contributed by atoms with Crippen molar-refractivity contribution in [2.24, 2.45) is 0 Å². The number of nitrogens with zero attached hydrogens (tertiary/aromatic N) is 3. The zero-order valence-electron chi connectivity index (χ0n) is 18.8. The summed E-state index contributed by atoms with van der Waals surface area (Å²) in [5, 5.41) is 3.85. The Hall–Kier alpha value is -2.01. The Kier molecular flexibility index (Phi) is 6.58. The number of carbonyl (C=O) groups excluding carboxylic acids is 1. The predicted octanol–water partition coefficient (Wildman–Crippen LogP) is 3.31. The molecule has 10 heteroatoms. The van der Waals surface area contributed by atoms with E-state index < -0.39 is 10.0 Å². The second-order valence-electron chi connectivity index (χ2n) is 9.12. The highest BCUT2D eigenvalue weighted by Gasteiger charge is 2.28. The molecule has 32 heavy (non-hydrogen) atoms. The minimum absolute atomic E-state index is 0.143. The first kappa shape index (κ1) is 23.2. The topological polar surface area (TPSA) is 91.8 Å². The number of amides is 1. The zero-order chi connectivity index (χ0) is 22.9. The lowest BCUT2D eigenvalue weighted by molar-refractivity contribution is 0.0730. The van der Waals surface area contributed by atoms with Crippen molar-refractivity contribution in [3.8, 4) is 0 Å². The largest absolute Gasteiger partial charge is 0.379 e. The number of morpholine rings is 1. The maximum absolute atomic E-state index is 13.2. The highest BCUT2D eigenvalue weighted by molar-refractivity contribution is 7.89. The van der Waals surface area contributed by atoms with Crippen molar-refractivity contribution in [2.45, 2.75) is 43.9 Å². The van der Waals surface area contributed by atoms with Gasteiger partial charge in [0, 0.05) is 31.6 Å². The summed E-state index contributed by atoms with van der Waals surface area (Å²) in [7, 11) is -3.67. The summed E-state index contributed by atoms with van der Waals surface area (Å²) in [6.45, 7) is 9.35. The lowest BCUT2D eigenvalue weighted by atomic mass is 9.98. The van der Waals surface area contributed by atoms with E-state index in [1.54, 1.807) is 18.3 Å². The summed E-state index contributed by atoms with van der Waals surface area (Å²) < 4.78 is 33.1. The molecule has 174 valence electrons. The van der Waals surface area contributed by atoms with E-state index in [9.17, 15) is 13.2 Å². The van der Waals surface area contributed by atoms with Crippen molar-refractivity contribution in [1.82, 2.24) is 9.29 Å². The van der Waals surface area contributed by atoms with E-state index in [4.69, 9.17) is 4.74 Å². The average molecular weight is 479 g/mol. The van der Waals surface area contributed by atoms with Gasteiger partial charge in [-0.2, -0.15) is 4.31 Å². The van der Waals surface area contributed by atoms with Gasteiger partial charge >= 0.3 is 0 Å². The molecule has 2 saturated heterocycles. The third-order valence-electron chi connectivity index (χ3n) is 5.64. The Morgan fingerprint density at radius 1 is 1.12 bits per heavy atom. The van der Waals surface area contributed by atoms with Crippen LogP contribution in [0.1, 0.15) is 48.3 Å². The van der Waals surface area contributed by atoms with Crippen molar-refractivity contribution in [3.63, 3.8) is 0 Å². The fourth-order valence-corrected chi connectivity index (χ4v) is 6.16. The van der Waals surface area contributed by atoms with Gasteiger partial charge in [0.2, 0.25) is 10.0 Å². The molecule has 0 unspecified atom stereocenters. The minimum Gasteiger partial charge on any atom is -0.379 e. The fourth-order valence-electron chi connectivity index (χ4n) is 3.86. The molecule has 0 saturated carbocycles. The van der Waals surface area contributed by atoms with Gasteiger partial charge in [-0.1, -0.05) is 20.8 Å². The van der Waals surface area contributed by atoms with Crippen LogP contribution in [-0.4, -0.2) is 63.0 Å². The van der Waals surface area contributed by atoms with Crippen LogP contribution >= 0.6 is 11.3 Å². The first-order valence-corrected chi connectivity index (χ1v) is 13.2. The lowest BCUT2D eigenvalue weighted by Crippen LogP contribution is -2.40. The van der Waals surface area contributed by atoms with Gasteiger partial charge < -0.3 is 15.0 Å². The summed E-state index contributed by atoms with van der Waals surface area (Å²) in [6.07, 6.45) is 3.74. The average Bonchev–Trinajstić information content (AvgIpc) is 3.46. The molecule has 0 spiro atoms. The predicted molar refractivity (Wildman–Crippen MR) is 126 cm³/mol. The maximum Gasteiger partial charge on any atom is 0.267 e. The van der Waals surface area contributed by atoms with Gasteiger partial charge in [-0.3, -0.25) is 4.79 Å². The number of anilines is 2. The minimum atomic E-state index is -3.67. The van der Waals surface area contributed by atoms with Crippen LogP contribution in [-0.2, 0) is 20.2 Å². The second kappa shape index (κ2) is 9.09. The highest BCUT2D eigenvalue weighted by atomic mass is 32.2. The molecule has 1 N–H and O–H groups in total. The second-order valence-corrected chi connectivity index (χ2v) is 12.1. The van der Waals surface area contributed by atoms with Crippen LogP contribution in [0.5, 0.6) is 0 Å². The van der Waals surface area contributed by atoms with E-state index in [2.05, 4.69) is 36.0 Å². The standard InChI is InChI=1S/C22H30N4O4S2/c1-22(2,3)21-23-15-19(31-21)20(27)24-17-14-16(6-7-18(17)25-8-4-5-9-25)32(28,29)26-10-12-30-13-11-26/h6-7,14-15H,4-5,8-13H2,1-3H3,(H,24,27). The van der Waals surface area contributed by atoms with Gasteiger partial charge in [0.25, 0.3) is 5.91 Å². The number of benzene rings is 1. The Morgan fingerprint density at radius 3 is 2.44 bits per heavy atom. The van der Waals surface area contributed by atoms with E-state index in [0.717, 1.165) is 36.6 Å². The smallest absolute Gasteiger partial charge is 0.267 e. The van der Waals surface area contributed by atoms with Gasteiger partial charge in [0.1, 0.15) is 4.88 Å². The Balaban J connectivity index is 1.66. The molecule has 2 aliphatic heterocycles. The van der Waals surface area contributed by atoms with Crippen LogP contribution in [0.2, 0.25) is 0 Å². The molecule has 8 nitrogen and oxygen atoms in total. The molecular formula is C22H30N4O4S2. The third kappa shape index (κ3) is 4.83. The SMILES string of the molecule is CC(C)(C)c1ncc(C(=O)Nc2cc(S(=O)(=O)N3CCOCC3)ccc2N2CCCC2)s1. The van der Waals surface area contributed by atoms with Crippen molar-refractivity contribution in [1.29, 1.82) is 0 Å². The van der Waals surface area contributed by atoms with E-state index >= 15 is 0 Å². The number of nitrogens with one attached hydrogen (secondary N) is 1. The van der Waals surface area contributed by atoms with Gasteiger partial charge in [0.05, 0.1) is 40.7 Å². The molecule has 0 aliphatic carbocycles. The summed E-state index contributed by atoms with van der Waals surface area (Å²) >= 11 is 1.36. The number of sulfonamides is 1. The van der Waals surface area contributed by atoms with Crippen LogP contribution < -0.4 is 10.2 Å². The number of hydrogen-bond donors (Lipinski definition) is 1. The molecule has 0 radical (unpaired) electrons. The van der Waals surface area contributed by atoms with Crippen molar-refractivity contribution in [3.05, 3.63) is 34.3 Å². The van der Waals surface area contributed by atoms with Crippen molar-refractivity contribution < 1.29 is 17.9 Å². The Morgan fingerprint density at radius 2 is 1.81 bits per heavy atom. The monoisotopic (exact) mass is 478 g/mol. The summed E-state index contributed by atoms with van der Waals surface area (Å²) in [5.41, 5.74) is 1.21. The van der Waals surface area contributed by atoms with Crippen LogP contribution in [0.4, 0.5) is 11.4 Å². The molecule has 4 rings (SSSR count). The van der Waals surface area contributed by atoms with Crippen molar-refractivity contribution >= 4 is 38.6 Å². The van der Waals surface area contributed by atoms with Gasteiger partial charge in [-0.25, -0.2) is 13.4 Å². The Bertz CT molecular complexity index is 1080. The molecule has 3 heterocycles. The number of rotatable bonds is 5. The quantitative estimate of drug-likeness (QED) is 0.709. The van der Waals surface area contributed by atoms with E-state index in [1.165, 1.54) is 15.6 Å². The normalized spacial score (nSPS) is 18.2. The van der Waals surface area contributed by atoms with Crippen LogP contribution in [0.15, 0.2) is 29.3 Å². The zero-order valence-corrected chi connectivity index (χ0v) is 20.4. The molecule has 1 amide bonds. The fraction of sp³-hybridized carbons (Fsp3) is 0.545. The molecule has 2 aromatic rings. The van der Waals surface area contributed by atoms with Gasteiger partial charge in [-0.15, -0.1) is 11.3 Å². The Labute approximate surface area is 193 Å². The highest BCUT2D eigenvalue weighted by Crippen LogP contribution is 2.34. The van der Waals surface area contributed by atoms with Crippen LogP contribution in [0.3, 0.4) is 0 Å². The molecule has 2 fully saturated rings.